The maximum Gasteiger partial charge on any atom is 0.408 e. The van der Waals surface area contributed by atoms with Gasteiger partial charge in [0.1, 0.15) is 17.7 Å². The van der Waals surface area contributed by atoms with Crippen LogP contribution in [0.3, 0.4) is 0 Å². The molecule has 3 heterocycles. The number of carbonyl (C=O) groups is 2. The summed E-state index contributed by atoms with van der Waals surface area (Å²) in [6, 6.07) is 3.66. The van der Waals surface area contributed by atoms with Gasteiger partial charge in [-0.15, -0.1) is 0 Å². The van der Waals surface area contributed by atoms with Crippen LogP contribution in [0.2, 0.25) is 0 Å². The molecule has 4 rings (SSSR count). The van der Waals surface area contributed by atoms with Crippen LogP contribution in [0.15, 0.2) is 48.9 Å². The van der Waals surface area contributed by atoms with Crippen molar-refractivity contribution >= 4 is 17.6 Å². The van der Waals surface area contributed by atoms with Crippen LogP contribution in [-0.2, 0) is 4.79 Å². The molecule has 2 bridgehead atoms. The number of fused-ring (bicyclic) bond motifs is 2. The molecule has 0 saturated carbocycles. The lowest BCUT2D eigenvalue weighted by Gasteiger charge is -2.40. The summed E-state index contributed by atoms with van der Waals surface area (Å²) in [5, 5.41) is 4.75. The van der Waals surface area contributed by atoms with E-state index in [1.807, 2.05) is 5.32 Å². The molecular formula is C25H25F5N4O3. The monoisotopic (exact) mass is 524 g/mol. The van der Waals surface area contributed by atoms with Crippen LogP contribution < -0.4 is 20.3 Å². The Bertz CT molecular complexity index is 1170. The summed E-state index contributed by atoms with van der Waals surface area (Å²) in [7, 11) is 0. The van der Waals surface area contributed by atoms with Gasteiger partial charge < -0.3 is 20.3 Å². The van der Waals surface area contributed by atoms with E-state index in [1.54, 1.807) is 6.07 Å². The maximum atomic E-state index is 13.8. The second-order valence-electron chi connectivity index (χ2n) is 9.18. The SMILES string of the molecule is C=C(Oc1ccc(F)cc1F)C(=O)NC1CC2CCC(C1)N2c1ccc(C(=O)N[C@@H](C)C(F)(F)F)cn1. The number of nitrogens with one attached hydrogen (secondary N) is 2. The van der Waals surface area contributed by atoms with E-state index in [9.17, 15) is 31.5 Å². The summed E-state index contributed by atoms with van der Waals surface area (Å²) >= 11 is 0. The van der Waals surface area contributed by atoms with Crippen LogP contribution >= 0.6 is 0 Å². The minimum atomic E-state index is -4.54. The molecule has 0 spiro atoms. The summed E-state index contributed by atoms with van der Waals surface area (Å²) < 4.78 is 70.2. The van der Waals surface area contributed by atoms with Gasteiger partial charge in [-0.05, 0) is 56.9 Å². The molecule has 2 aliphatic heterocycles. The standard InChI is InChI=1S/C25H25F5N4O3/c1-13(37-21-7-4-16(26)9-20(21)27)23(35)33-17-10-18-5-6-19(11-17)34(18)22-8-3-15(12-31-22)24(36)32-14(2)25(28,29)30/h3-4,7-9,12,14,17-19H,1,5-6,10-11H2,2H3,(H,32,36)(H,33,35)/t14-,17?,18?,19?/m0/s1. The lowest BCUT2D eigenvalue weighted by molar-refractivity contribution is -0.149. The highest BCUT2D eigenvalue weighted by Gasteiger charge is 2.42. The lowest BCUT2D eigenvalue weighted by atomic mass is 9.97. The van der Waals surface area contributed by atoms with Gasteiger partial charge in [-0.2, -0.15) is 13.2 Å². The van der Waals surface area contributed by atoms with Gasteiger partial charge in [-0.25, -0.2) is 13.8 Å². The van der Waals surface area contributed by atoms with Gasteiger partial charge in [-0.1, -0.05) is 6.58 Å². The molecule has 1 aromatic heterocycles. The Kier molecular flexibility index (Phi) is 7.37. The van der Waals surface area contributed by atoms with Gasteiger partial charge in [0.05, 0.1) is 5.56 Å². The zero-order chi connectivity index (χ0) is 26.9. The third-order valence-corrected chi connectivity index (χ3v) is 6.56. The van der Waals surface area contributed by atoms with Crippen LogP contribution in [0.5, 0.6) is 5.75 Å². The summed E-state index contributed by atoms with van der Waals surface area (Å²) in [4.78, 5) is 31.1. The van der Waals surface area contributed by atoms with E-state index in [4.69, 9.17) is 4.74 Å². The van der Waals surface area contributed by atoms with Crippen molar-refractivity contribution in [1.82, 2.24) is 15.6 Å². The van der Waals surface area contributed by atoms with Crippen molar-refractivity contribution in [2.45, 2.75) is 63.0 Å². The molecular weight excluding hydrogens is 499 g/mol. The maximum absolute atomic E-state index is 13.8. The van der Waals surface area contributed by atoms with E-state index in [2.05, 4.69) is 21.8 Å². The number of benzene rings is 1. The molecule has 0 radical (unpaired) electrons. The zero-order valence-corrected chi connectivity index (χ0v) is 19.8. The molecule has 7 nitrogen and oxygen atoms in total. The summed E-state index contributed by atoms with van der Waals surface area (Å²) in [6.07, 6.45) is -0.417. The largest absolute Gasteiger partial charge is 0.449 e. The Morgan fingerprint density at radius 2 is 1.81 bits per heavy atom. The fourth-order valence-corrected chi connectivity index (χ4v) is 4.71. The van der Waals surface area contributed by atoms with Crippen molar-refractivity contribution in [1.29, 1.82) is 0 Å². The van der Waals surface area contributed by atoms with Crippen LogP contribution in [0.1, 0.15) is 43.0 Å². The molecule has 0 aliphatic carbocycles. The third kappa shape index (κ3) is 6.00. The van der Waals surface area contributed by atoms with Crippen molar-refractivity contribution in [2.75, 3.05) is 4.90 Å². The first-order valence-electron chi connectivity index (χ1n) is 11.7. The number of alkyl halides is 3. The molecule has 1 aromatic carbocycles. The number of carbonyl (C=O) groups excluding carboxylic acids is 2. The number of halogens is 5. The Morgan fingerprint density at radius 3 is 2.38 bits per heavy atom. The number of amides is 2. The van der Waals surface area contributed by atoms with Gasteiger partial charge in [0.2, 0.25) is 0 Å². The van der Waals surface area contributed by atoms with Crippen LogP contribution in [-0.4, -0.2) is 47.1 Å². The number of ether oxygens (including phenoxy) is 1. The predicted molar refractivity (Wildman–Crippen MR) is 124 cm³/mol. The fraction of sp³-hybridized carbons (Fsp3) is 0.400. The Morgan fingerprint density at radius 1 is 1.14 bits per heavy atom. The number of pyridine rings is 1. The average Bonchev–Trinajstić information content (AvgIpc) is 3.10. The first-order valence-corrected chi connectivity index (χ1v) is 11.7. The van der Waals surface area contributed by atoms with E-state index in [1.165, 1.54) is 12.3 Å². The lowest BCUT2D eigenvalue weighted by Crippen LogP contribution is -2.51. The Balaban J connectivity index is 1.34. The van der Waals surface area contributed by atoms with E-state index in [-0.39, 0.29) is 35.2 Å². The predicted octanol–water partition coefficient (Wildman–Crippen LogP) is 4.25. The Labute approximate surface area is 209 Å². The topological polar surface area (TPSA) is 83.6 Å². The summed E-state index contributed by atoms with van der Waals surface area (Å²) in [5.74, 6) is -3.24. The summed E-state index contributed by atoms with van der Waals surface area (Å²) in [6.45, 7) is 4.40. The molecule has 2 amide bonds. The van der Waals surface area contributed by atoms with Crippen molar-refractivity contribution in [3.05, 3.63) is 66.1 Å². The zero-order valence-electron chi connectivity index (χ0n) is 19.8. The quantitative estimate of drug-likeness (QED) is 0.322. The average molecular weight is 524 g/mol. The van der Waals surface area contributed by atoms with E-state index < -0.39 is 35.7 Å². The van der Waals surface area contributed by atoms with Crippen molar-refractivity contribution in [2.24, 2.45) is 0 Å². The molecule has 2 aromatic rings. The van der Waals surface area contributed by atoms with Gasteiger partial charge in [-0.3, -0.25) is 9.59 Å². The highest BCUT2D eigenvalue weighted by atomic mass is 19.4. The van der Waals surface area contributed by atoms with Crippen LogP contribution in [0, 0.1) is 11.6 Å². The van der Waals surface area contributed by atoms with Gasteiger partial charge in [0.15, 0.2) is 17.3 Å². The number of piperidine rings is 1. The first kappa shape index (κ1) is 26.4. The van der Waals surface area contributed by atoms with E-state index in [0.717, 1.165) is 31.9 Å². The van der Waals surface area contributed by atoms with Gasteiger partial charge >= 0.3 is 6.18 Å². The number of aromatic nitrogens is 1. The molecule has 3 atom stereocenters. The number of anilines is 1. The number of nitrogens with zero attached hydrogens (tertiary/aromatic N) is 2. The summed E-state index contributed by atoms with van der Waals surface area (Å²) in [5.41, 5.74) is 0.0189. The number of hydrogen-bond donors (Lipinski definition) is 2. The van der Waals surface area contributed by atoms with E-state index >= 15 is 0 Å². The second-order valence-corrected chi connectivity index (χ2v) is 9.18. The van der Waals surface area contributed by atoms with Crippen molar-refractivity contribution in [3.8, 4) is 5.75 Å². The molecule has 2 aliphatic rings. The van der Waals surface area contributed by atoms with Crippen molar-refractivity contribution < 1.29 is 36.3 Å². The highest BCUT2D eigenvalue weighted by Crippen LogP contribution is 2.38. The minimum Gasteiger partial charge on any atom is -0.449 e. The molecule has 2 saturated heterocycles. The van der Waals surface area contributed by atoms with Crippen LogP contribution in [0.4, 0.5) is 27.8 Å². The molecule has 12 heteroatoms. The highest BCUT2D eigenvalue weighted by molar-refractivity contribution is 5.94. The smallest absolute Gasteiger partial charge is 0.408 e. The molecule has 2 fully saturated rings. The fourth-order valence-electron chi connectivity index (χ4n) is 4.71. The normalized spacial score (nSPS) is 21.8. The molecule has 2 unspecified atom stereocenters. The Hall–Kier alpha value is -3.70. The van der Waals surface area contributed by atoms with Crippen LogP contribution in [0.25, 0.3) is 0 Å². The molecule has 37 heavy (non-hydrogen) atoms. The number of hydrogen-bond acceptors (Lipinski definition) is 5. The van der Waals surface area contributed by atoms with E-state index in [0.29, 0.717) is 24.7 Å². The number of rotatable bonds is 7. The van der Waals surface area contributed by atoms with Gasteiger partial charge in [0.25, 0.3) is 11.8 Å². The minimum absolute atomic E-state index is 0.0189. The van der Waals surface area contributed by atoms with Crippen molar-refractivity contribution in [3.63, 3.8) is 0 Å². The molecule has 198 valence electrons. The first-order chi connectivity index (χ1) is 17.4. The molecule has 2 N–H and O–H groups in total. The van der Waals surface area contributed by atoms with Gasteiger partial charge in [0, 0.05) is 30.4 Å². The second kappa shape index (κ2) is 10.3. The third-order valence-electron chi connectivity index (χ3n) is 6.56.